The summed E-state index contributed by atoms with van der Waals surface area (Å²) in [5, 5.41) is 18.1. The van der Waals surface area contributed by atoms with E-state index in [1.807, 2.05) is 0 Å². The summed E-state index contributed by atoms with van der Waals surface area (Å²) >= 11 is 13.5. The molecule has 4 aromatic rings. The van der Waals surface area contributed by atoms with Gasteiger partial charge in [0.05, 0.1) is 16.2 Å². The minimum atomic E-state index is -0.384. The van der Waals surface area contributed by atoms with Gasteiger partial charge in [-0.1, -0.05) is 34.5 Å². The van der Waals surface area contributed by atoms with Crippen LogP contribution in [0.4, 0.5) is 4.39 Å². The van der Waals surface area contributed by atoms with E-state index < -0.39 is 0 Å². The minimum Gasteiger partial charge on any atom is -0.263 e. The van der Waals surface area contributed by atoms with E-state index in [0.717, 1.165) is 0 Å². The van der Waals surface area contributed by atoms with Crippen molar-refractivity contribution in [3.63, 3.8) is 0 Å². The molecule has 0 radical (unpaired) electrons. The molecule has 0 unspecified atom stereocenters. The molecule has 0 aliphatic carbocycles. The highest BCUT2D eigenvalue weighted by molar-refractivity contribution is 7.19. The van der Waals surface area contributed by atoms with Crippen LogP contribution in [0.2, 0.25) is 10.0 Å². The molecule has 0 fully saturated rings. The van der Waals surface area contributed by atoms with Crippen molar-refractivity contribution in [1.29, 1.82) is 0 Å². The first kappa shape index (κ1) is 14.6. The second-order valence-corrected chi connectivity index (χ2v) is 6.48. The first-order valence-corrected chi connectivity index (χ1v) is 7.97. The van der Waals surface area contributed by atoms with Gasteiger partial charge in [0, 0.05) is 12.6 Å². The third-order valence-corrected chi connectivity index (χ3v) is 4.79. The zero-order valence-corrected chi connectivity index (χ0v) is 13.9. The molecule has 0 aliphatic heterocycles. The summed E-state index contributed by atoms with van der Waals surface area (Å²) in [6, 6.07) is 4.13. The maximum absolute atomic E-state index is 13.5. The van der Waals surface area contributed by atoms with Gasteiger partial charge in [-0.15, -0.1) is 10.2 Å². The number of halogens is 3. The van der Waals surface area contributed by atoms with Gasteiger partial charge in [0.15, 0.2) is 0 Å². The molecule has 0 saturated heterocycles. The molecule has 0 amide bonds. The first-order chi connectivity index (χ1) is 11.0. The lowest BCUT2D eigenvalue weighted by molar-refractivity contribution is 0.628. The number of aryl methyl sites for hydroxylation is 1. The van der Waals surface area contributed by atoms with Gasteiger partial charge in [0.25, 0.3) is 0 Å². The van der Waals surface area contributed by atoms with Crippen LogP contribution in [0.3, 0.4) is 0 Å². The van der Waals surface area contributed by atoms with Crippen LogP contribution in [0, 0.1) is 5.82 Å². The zero-order valence-electron chi connectivity index (χ0n) is 11.5. The normalized spacial score (nSPS) is 11.5. The predicted octanol–water partition coefficient (Wildman–Crippen LogP) is 3.70. The lowest BCUT2D eigenvalue weighted by atomic mass is 10.2. The monoisotopic (exact) mass is 368 g/mol. The fraction of sp³-hybridized carbons (Fsp3) is 0.0769. The smallest absolute Gasteiger partial charge is 0.235 e. The molecule has 3 aromatic heterocycles. The molecular weight excluding hydrogens is 362 g/mol. The predicted molar refractivity (Wildman–Crippen MR) is 86.3 cm³/mol. The Labute approximate surface area is 143 Å². The first-order valence-electron chi connectivity index (χ1n) is 6.40. The molecule has 0 N–H and O–H groups in total. The molecular formula is C13H7Cl2FN6S. The molecule has 0 bridgehead atoms. The highest BCUT2D eigenvalue weighted by Crippen LogP contribution is 2.34. The SMILES string of the molecule is Cn1ncc(Cl)c1-c1nnc2sc(-c3cc(F)ccc3Cl)nn12. The van der Waals surface area contributed by atoms with Crippen LogP contribution in [0.15, 0.2) is 24.4 Å². The number of rotatable bonds is 2. The second kappa shape index (κ2) is 5.26. The number of hydrogen-bond acceptors (Lipinski definition) is 5. The average molecular weight is 369 g/mol. The van der Waals surface area contributed by atoms with Crippen LogP contribution in [0.25, 0.3) is 27.1 Å². The van der Waals surface area contributed by atoms with E-state index in [0.29, 0.717) is 37.1 Å². The fourth-order valence-corrected chi connectivity index (χ4v) is 3.58. The number of benzene rings is 1. The zero-order chi connectivity index (χ0) is 16.1. The molecule has 6 nitrogen and oxygen atoms in total. The Bertz CT molecular complexity index is 1020. The quantitative estimate of drug-likeness (QED) is 0.541. The van der Waals surface area contributed by atoms with Gasteiger partial charge >= 0.3 is 0 Å². The highest BCUT2D eigenvalue weighted by atomic mass is 35.5. The van der Waals surface area contributed by atoms with Gasteiger partial charge in [-0.05, 0) is 18.2 Å². The third-order valence-electron chi connectivity index (χ3n) is 3.26. The molecule has 4 rings (SSSR count). The maximum Gasteiger partial charge on any atom is 0.235 e. The van der Waals surface area contributed by atoms with Crippen LogP contribution in [0.1, 0.15) is 0 Å². The Kier molecular flexibility index (Phi) is 3.33. The van der Waals surface area contributed by atoms with E-state index in [9.17, 15) is 4.39 Å². The summed E-state index contributed by atoms with van der Waals surface area (Å²) in [7, 11) is 1.75. The summed E-state index contributed by atoms with van der Waals surface area (Å²) < 4.78 is 16.6. The molecule has 0 saturated carbocycles. The Morgan fingerprint density at radius 3 is 2.74 bits per heavy atom. The summed E-state index contributed by atoms with van der Waals surface area (Å²) in [5.74, 6) is 0.0743. The average Bonchev–Trinajstić information content (AvgIpc) is 3.17. The molecule has 3 heterocycles. The van der Waals surface area contributed by atoms with Crippen molar-refractivity contribution in [3.05, 3.63) is 40.3 Å². The largest absolute Gasteiger partial charge is 0.263 e. The number of nitrogens with zero attached hydrogens (tertiary/aromatic N) is 6. The molecule has 0 spiro atoms. The summed E-state index contributed by atoms with van der Waals surface area (Å²) in [6.45, 7) is 0. The van der Waals surface area contributed by atoms with Crippen molar-refractivity contribution in [2.75, 3.05) is 0 Å². The van der Waals surface area contributed by atoms with E-state index in [4.69, 9.17) is 23.2 Å². The summed E-state index contributed by atoms with van der Waals surface area (Å²) in [6.07, 6.45) is 1.52. The van der Waals surface area contributed by atoms with Gasteiger partial charge in [0.1, 0.15) is 16.5 Å². The standard InChI is InChI=1S/C13H7Cl2FN6S/c1-21-10(9(15)5-17-21)11-18-19-13-22(11)20-12(23-13)7-4-6(16)2-3-8(7)14/h2-5H,1H3. The second-order valence-electron chi connectivity index (χ2n) is 4.71. The van der Waals surface area contributed by atoms with E-state index in [2.05, 4.69) is 20.4 Å². The van der Waals surface area contributed by atoms with Crippen molar-refractivity contribution < 1.29 is 4.39 Å². The van der Waals surface area contributed by atoms with Crippen LogP contribution in [0.5, 0.6) is 0 Å². The lowest BCUT2D eigenvalue weighted by Gasteiger charge is -2.00. The number of fused-ring (bicyclic) bond motifs is 1. The molecule has 10 heteroatoms. The van der Waals surface area contributed by atoms with Crippen LogP contribution in [-0.4, -0.2) is 29.6 Å². The van der Waals surface area contributed by atoms with Crippen molar-refractivity contribution >= 4 is 39.5 Å². The Morgan fingerprint density at radius 1 is 1.17 bits per heavy atom. The Balaban J connectivity index is 1.92. The van der Waals surface area contributed by atoms with Crippen molar-refractivity contribution in [3.8, 4) is 22.1 Å². The lowest BCUT2D eigenvalue weighted by Crippen LogP contribution is -1.99. The van der Waals surface area contributed by atoms with Gasteiger partial charge in [-0.25, -0.2) is 4.39 Å². The van der Waals surface area contributed by atoms with E-state index in [1.165, 1.54) is 35.7 Å². The third kappa shape index (κ3) is 2.30. The van der Waals surface area contributed by atoms with Crippen molar-refractivity contribution in [2.24, 2.45) is 7.05 Å². The topological polar surface area (TPSA) is 60.9 Å². The summed E-state index contributed by atoms with van der Waals surface area (Å²) in [5.41, 5.74) is 1.10. The number of hydrogen-bond donors (Lipinski definition) is 0. The van der Waals surface area contributed by atoms with E-state index >= 15 is 0 Å². The van der Waals surface area contributed by atoms with Crippen molar-refractivity contribution in [1.82, 2.24) is 29.6 Å². The summed E-state index contributed by atoms with van der Waals surface area (Å²) in [4.78, 5) is 0.549. The molecule has 116 valence electrons. The molecule has 1 aromatic carbocycles. The number of aromatic nitrogens is 6. The van der Waals surface area contributed by atoms with Crippen LogP contribution in [-0.2, 0) is 7.05 Å². The van der Waals surface area contributed by atoms with Gasteiger partial charge in [0.2, 0.25) is 10.8 Å². The fourth-order valence-electron chi connectivity index (χ4n) is 2.20. The Morgan fingerprint density at radius 2 is 2.00 bits per heavy atom. The van der Waals surface area contributed by atoms with Gasteiger partial charge in [-0.3, -0.25) is 4.68 Å². The maximum atomic E-state index is 13.5. The van der Waals surface area contributed by atoms with Gasteiger partial charge < -0.3 is 0 Å². The van der Waals surface area contributed by atoms with Crippen LogP contribution >= 0.6 is 34.5 Å². The molecule has 0 atom stereocenters. The highest BCUT2D eigenvalue weighted by Gasteiger charge is 2.20. The van der Waals surface area contributed by atoms with E-state index in [1.54, 1.807) is 16.2 Å². The Hall–Kier alpha value is -2.03. The van der Waals surface area contributed by atoms with Crippen molar-refractivity contribution in [2.45, 2.75) is 0 Å². The van der Waals surface area contributed by atoms with Gasteiger partial charge in [-0.2, -0.15) is 14.7 Å². The van der Waals surface area contributed by atoms with Crippen LogP contribution < -0.4 is 0 Å². The van der Waals surface area contributed by atoms with E-state index in [-0.39, 0.29) is 5.82 Å². The minimum absolute atomic E-state index is 0.384. The molecule has 23 heavy (non-hydrogen) atoms. The molecule has 0 aliphatic rings.